The van der Waals surface area contributed by atoms with Gasteiger partial charge in [-0.1, -0.05) is 13.8 Å². The van der Waals surface area contributed by atoms with Gasteiger partial charge in [0.1, 0.15) is 13.2 Å². The van der Waals surface area contributed by atoms with Gasteiger partial charge < -0.3 is 14.6 Å². The summed E-state index contributed by atoms with van der Waals surface area (Å²) in [7, 11) is 0. The molecule has 98 valence electrons. The van der Waals surface area contributed by atoms with Gasteiger partial charge in [0.05, 0.1) is 5.92 Å². The maximum absolute atomic E-state index is 11.4. The van der Waals surface area contributed by atoms with Crippen molar-refractivity contribution < 1.29 is 19.4 Å². The molecule has 0 amide bonds. The van der Waals surface area contributed by atoms with Crippen molar-refractivity contribution in [2.24, 2.45) is 5.92 Å². The number of fused-ring (bicyclic) bond motifs is 1. The summed E-state index contributed by atoms with van der Waals surface area (Å²) in [5.41, 5.74) is 1.74. The van der Waals surface area contributed by atoms with Gasteiger partial charge in [0.15, 0.2) is 11.5 Å². The van der Waals surface area contributed by atoms with Crippen molar-refractivity contribution in [3.63, 3.8) is 0 Å². The van der Waals surface area contributed by atoms with Crippen LogP contribution in [0.5, 0.6) is 11.5 Å². The minimum absolute atomic E-state index is 0.0313. The van der Waals surface area contributed by atoms with Gasteiger partial charge >= 0.3 is 5.97 Å². The van der Waals surface area contributed by atoms with E-state index in [0.29, 0.717) is 24.7 Å². The molecule has 4 nitrogen and oxygen atoms in total. The zero-order valence-electron chi connectivity index (χ0n) is 10.9. The molecule has 1 aliphatic rings. The lowest BCUT2D eigenvalue weighted by molar-refractivity contribution is -0.139. The zero-order valence-corrected chi connectivity index (χ0v) is 10.9. The van der Waals surface area contributed by atoms with E-state index in [1.807, 2.05) is 32.9 Å². The topological polar surface area (TPSA) is 55.8 Å². The lowest BCUT2D eigenvalue weighted by Crippen LogP contribution is -2.20. The van der Waals surface area contributed by atoms with Crippen molar-refractivity contribution in [3.8, 4) is 11.5 Å². The van der Waals surface area contributed by atoms with Gasteiger partial charge in [-0.05, 0) is 36.1 Å². The van der Waals surface area contributed by atoms with Crippen molar-refractivity contribution in [3.05, 3.63) is 23.3 Å². The molecule has 1 atom stereocenters. The normalized spacial score (nSPS) is 15.6. The van der Waals surface area contributed by atoms with Crippen molar-refractivity contribution in [2.45, 2.75) is 26.7 Å². The summed E-state index contributed by atoms with van der Waals surface area (Å²) in [6.45, 7) is 6.78. The number of carboxylic acid groups (broad SMARTS) is 1. The van der Waals surface area contributed by atoms with Crippen molar-refractivity contribution in [2.75, 3.05) is 13.2 Å². The molecule has 0 bridgehead atoms. The average Bonchev–Trinajstić information content (AvgIpc) is 2.29. The number of carboxylic acids is 1. The summed E-state index contributed by atoms with van der Waals surface area (Å²) in [4.78, 5) is 11.4. The molecule has 0 saturated heterocycles. The van der Waals surface area contributed by atoms with Crippen molar-refractivity contribution in [1.29, 1.82) is 0 Å². The summed E-state index contributed by atoms with van der Waals surface area (Å²) in [5.74, 6) is 0.0681. The number of aryl methyl sites for hydroxylation is 1. The Balaban J connectivity index is 2.46. The Labute approximate surface area is 107 Å². The lowest BCUT2D eigenvalue weighted by Gasteiger charge is -2.24. The molecule has 1 heterocycles. The smallest absolute Gasteiger partial charge is 0.311 e. The van der Waals surface area contributed by atoms with Crippen LogP contribution >= 0.6 is 0 Å². The number of ether oxygens (including phenoxy) is 2. The summed E-state index contributed by atoms with van der Waals surface area (Å²) in [5, 5.41) is 9.35. The van der Waals surface area contributed by atoms with Gasteiger partial charge in [-0.25, -0.2) is 0 Å². The lowest BCUT2D eigenvalue weighted by atomic mass is 9.85. The molecular formula is C14H18O4. The first-order chi connectivity index (χ1) is 8.50. The first-order valence-electron chi connectivity index (χ1n) is 6.13. The predicted octanol–water partition coefficient (Wildman–Crippen LogP) is 2.59. The van der Waals surface area contributed by atoms with Gasteiger partial charge in [0.2, 0.25) is 0 Å². The van der Waals surface area contributed by atoms with Gasteiger partial charge in [0.25, 0.3) is 0 Å². The van der Waals surface area contributed by atoms with Crippen LogP contribution in [0, 0.1) is 12.8 Å². The maximum Gasteiger partial charge on any atom is 0.311 e. The molecular weight excluding hydrogens is 232 g/mol. The Morgan fingerprint density at radius 1 is 1.22 bits per heavy atom. The third-order valence-corrected chi connectivity index (χ3v) is 3.20. The van der Waals surface area contributed by atoms with Gasteiger partial charge in [0, 0.05) is 0 Å². The fourth-order valence-electron chi connectivity index (χ4n) is 2.32. The van der Waals surface area contributed by atoms with Crippen LogP contribution in [0.4, 0.5) is 0 Å². The minimum atomic E-state index is -0.801. The molecule has 1 unspecified atom stereocenters. The highest BCUT2D eigenvalue weighted by Crippen LogP contribution is 2.37. The van der Waals surface area contributed by atoms with Crippen LogP contribution in [0.25, 0.3) is 0 Å². The predicted molar refractivity (Wildman–Crippen MR) is 67.4 cm³/mol. The average molecular weight is 250 g/mol. The largest absolute Gasteiger partial charge is 0.486 e. The van der Waals surface area contributed by atoms with Crippen LogP contribution in [0.15, 0.2) is 12.1 Å². The first kappa shape index (κ1) is 12.7. The quantitative estimate of drug-likeness (QED) is 0.895. The zero-order chi connectivity index (χ0) is 13.3. The summed E-state index contributed by atoms with van der Waals surface area (Å²) < 4.78 is 11.0. The second kappa shape index (κ2) is 4.88. The van der Waals surface area contributed by atoms with Gasteiger partial charge in [-0.3, -0.25) is 4.79 Å². The van der Waals surface area contributed by atoms with E-state index in [1.165, 1.54) is 0 Å². The number of rotatable bonds is 3. The molecule has 0 aromatic heterocycles. The first-order valence-corrected chi connectivity index (χ1v) is 6.13. The number of aliphatic carboxylic acids is 1. The fraction of sp³-hybridized carbons (Fsp3) is 0.500. The summed E-state index contributed by atoms with van der Waals surface area (Å²) in [6.07, 6.45) is 0. The van der Waals surface area contributed by atoms with Gasteiger partial charge in [-0.2, -0.15) is 0 Å². The van der Waals surface area contributed by atoms with E-state index >= 15 is 0 Å². The van der Waals surface area contributed by atoms with Crippen molar-refractivity contribution in [1.82, 2.24) is 0 Å². The van der Waals surface area contributed by atoms with E-state index < -0.39 is 11.9 Å². The number of hydrogen-bond donors (Lipinski definition) is 1. The Morgan fingerprint density at radius 2 is 1.78 bits per heavy atom. The molecule has 0 aliphatic carbocycles. The molecule has 0 saturated carbocycles. The number of benzene rings is 1. The Hall–Kier alpha value is -1.71. The molecule has 2 rings (SSSR count). The molecule has 0 fully saturated rings. The Morgan fingerprint density at radius 3 is 2.28 bits per heavy atom. The van der Waals surface area contributed by atoms with E-state index in [0.717, 1.165) is 11.1 Å². The molecule has 1 aliphatic heterocycles. The second-order valence-electron chi connectivity index (χ2n) is 4.91. The number of carbonyl (C=O) groups is 1. The van der Waals surface area contributed by atoms with E-state index in [9.17, 15) is 9.90 Å². The summed E-state index contributed by atoms with van der Waals surface area (Å²) >= 11 is 0. The Kier molecular flexibility index (Phi) is 3.45. The van der Waals surface area contributed by atoms with Crippen LogP contribution < -0.4 is 9.47 Å². The standard InChI is InChI=1S/C14H18O4/c1-8(2)13(14(15)16)10-7-12-11(6-9(10)3)17-4-5-18-12/h6-8,13H,4-5H2,1-3H3,(H,15,16). The van der Waals surface area contributed by atoms with E-state index in [1.54, 1.807) is 0 Å². The van der Waals surface area contributed by atoms with Crippen LogP contribution in [0.1, 0.15) is 30.9 Å². The van der Waals surface area contributed by atoms with Crippen LogP contribution in [-0.4, -0.2) is 24.3 Å². The Bertz CT molecular complexity index is 465. The van der Waals surface area contributed by atoms with Crippen LogP contribution in [-0.2, 0) is 4.79 Å². The number of hydrogen-bond acceptors (Lipinski definition) is 3. The minimum Gasteiger partial charge on any atom is -0.486 e. The van der Waals surface area contributed by atoms with Crippen molar-refractivity contribution >= 4 is 5.97 Å². The molecule has 1 aromatic rings. The molecule has 1 aromatic carbocycles. The molecule has 18 heavy (non-hydrogen) atoms. The SMILES string of the molecule is Cc1cc2c(cc1C(C(=O)O)C(C)C)OCCO2. The van der Waals surface area contributed by atoms with Gasteiger partial charge in [-0.15, -0.1) is 0 Å². The van der Waals surface area contributed by atoms with Crippen LogP contribution in [0.3, 0.4) is 0 Å². The fourth-order valence-corrected chi connectivity index (χ4v) is 2.32. The molecule has 1 N–H and O–H groups in total. The maximum atomic E-state index is 11.4. The molecule has 0 radical (unpaired) electrons. The van der Waals surface area contributed by atoms with Crippen LogP contribution in [0.2, 0.25) is 0 Å². The monoisotopic (exact) mass is 250 g/mol. The highest BCUT2D eigenvalue weighted by atomic mass is 16.6. The van der Waals surface area contributed by atoms with E-state index in [4.69, 9.17) is 9.47 Å². The summed E-state index contributed by atoms with van der Waals surface area (Å²) in [6, 6.07) is 3.67. The highest BCUT2D eigenvalue weighted by molar-refractivity contribution is 5.77. The third kappa shape index (κ3) is 2.28. The molecule has 0 spiro atoms. The van der Waals surface area contributed by atoms with E-state index in [2.05, 4.69) is 0 Å². The van der Waals surface area contributed by atoms with E-state index in [-0.39, 0.29) is 5.92 Å². The molecule has 4 heteroatoms. The second-order valence-corrected chi connectivity index (χ2v) is 4.91. The third-order valence-electron chi connectivity index (χ3n) is 3.20. The highest BCUT2D eigenvalue weighted by Gasteiger charge is 2.27.